The summed E-state index contributed by atoms with van der Waals surface area (Å²) in [6.07, 6.45) is -0.892. The van der Waals surface area contributed by atoms with Crippen molar-refractivity contribution in [3.05, 3.63) is 27.7 Å². The molecule has 1 saturated heterocycles. The van der Waals surface area contributed by atoms with Gasteiger partial charge in [0.05, 0.1) is 5.69 Å². The molecule has 2 N–H and O–H groups in total. The standard InChI is InChI=1S/C12H11BrClNO4/c13-7-5-6(14)1-2-8(7)15-11(16)9-3-4-10(19-9)12(17)18/h1-2,5,9-10H,3-4H2,(H,15,16)(H,17,18)/t9-,10+/m0/s1. The Morgan fingerprint density at radius 3 is 2.63 bits per heavy atom. The summed E-state index contributed by atoms with van der Waals surface area (Å²) in [5, 5.41) is 12.0. The zero-order chi connectivity index (χ0) is 14.0. The maximum absolute atomic E-state index is 11.9. The number of carbonyl (C=O) groups is 2. The van der Waals surface area contributed by atoms with Crippen molar-refractivity contribution in [1.29, 1.82) is 0 Å². The van der Waals surface area contributed by atoms with Gasteiger partial charge in [0.2, 0.25) is 0 Å². The minimum atomic E-state index is -1.04. The highest BCUT2D eigenvalue weighted by Gasteiger charge is 2.34. The first kappa shape index (κ1) is 14.3. The van der Waals surface area contributed by atoms with Crippen molar-refractivity contribution in [3.63, 3.8) is 0 Å². The van der Waals surface area contributed by atoms with E-state index in [1.54, 1.807) is 18.2 Å². The van der Waals surface area contributed by atoms with Gasteiger partial charge in [0.25, 0.3) is 5.91 Å². The zero-order valence-corrected chi connectivity index (χ0v) is 12.1. The number of carboxylic acid groups (broad SMARTS) is 1. The van der Waals surface area contributed by atoms with E-state index >= 15 is 0 Å². The lowest BCUT2D eigenvalue weighted by molar-refractivity contribution is -0.150. The van der Waals surface area contributed by atoms with Crippen LogP contribution in [0.3, 0.4) is 0 Å². The van der Waals surface area contributed by atoms with Crippen molar-refractivity contribution >= 4 is 45.1 Å². The van der Waals surface area contributed by atoms with Crippen molar-refractivity contribution in [2.45, 2.75) is 25.0 Å². The highest BCUT2D eigenvalue weighted by atomic mass is 79.9. The summed E-state index contributed by atoms with van der Waals surface area (Å²) in [5.41, 5.74) is 0.566. The van der Waals surface area contributed by atoms with Gasteiger partial charge in [-0.05, 0) is 47.0 Å². The maximum atomic E-state index is 11.9. The number of halogens is 2. The minimum absolute atomic E-state index is 0.342. The lowest BCUT2D eigenvalue weighted by Gasteiger charge is -2.13. The van der Waals surface area contributed by atoms with Crippen LogP contribution in [0, 0.1) is 0 Å². The quantitative estimate of drug-likeness (QED) is 0.880. The van der Waals surface area contributed by atoms with Gasteiger partial charge in [0.15, 0.2) is 6.10 Å². The first-order chi connectivity index (χ1) is 8.97. The largest absolute Gasteiger partial charge is 0.479 e. The van der Waals surface area contributed by atoms with Crippen LogP contribution < -0.4 is 5.32 Å². The molecule has 1 amide bonds. The van der Waals surface area contributed by atoms with Gasteiger partial charge in [-0.25, -0.2) is 4.79 Å². The number of carbonyl (C=O) groups excluding carboxylic acids is 1. The Balaban J connectivity index is 2.00. The number of carboxylic acids is 1. The van der Waals surface area contributed by atoms with E-state index in [1.807, 2.05) is 0 Å². The molecule has 19 heavy (non-hydrogen) atoms. The van der Waals surface area contributed by atoms with E-state index in [0.717, 1.165) is 0 Å². The van der Waals surface area contributed by atoms with Gasteiger partial charge in [-0.15, -0.1) is 0 Å². The molecule has 0 aromatic heterocycles. The van der Waals surface area contributed by atoms with Gasteiger partial charge in [0, 0.05) is 9.50 Å². The van der Waals surface area contributed by atoms with E-state index in [-0.39, 0.29) is 5.91 Å². The Hall–Kier alpha value is -1.11. The van der Waals surface area contributed by atoms with Crippen LogP contribution in [0.15, 0.2) is 22.7 Å². The Kier molecular flexibility index (Phi) is 4.44. The molecule has 1 aliphatic rings. The van der Waals surface area contributed by atoms with Gasteiger partial charge >= 0.3 is 5.97 Å². The SMILES string of the molecule is O=C(Nc1ccc(Cl)cc1Br)[C@@H]1CC[C@H](C(=O)O)O1. The van der Waals surface area contributed by atoms with E-state index in [2.05, 4.69) is 21.2 Å². The monoisotopic (exact) mass is 347 g/mol. The molecule has 1 heterocycles. The van der Waals surface area contributed by atoms with Gasteiger partial charge in [-0.1, -0.05) is 11.6 Å². The number of hydrogen-bond donors (Lipinski definition) is 2. The average Bonchev–Trinajstić information content (AvgIpc) is 2.82. The summed E-state index contributed by atoms with van der Waals surface area (Å²) in [6, 6.07) is 4.97. The Labute approximate surface area is 123 Å². The van der Waals surface area contributed by atoms with Gasteiger partial charge < -0.3 is 15.2 Å². The van der Waals surface area contributed by atoms with Crippen LogP contribution >= 0.6 is 27.5 Å². The first-order valence-corrected chi connectivity index (χ1v) is 6.78. The molecule has 0 bridgehead atoms. The molecule has 1 aliphatic heterocycles. The maximum Gasteiger partial charge on any atom is 0.332 e. The molecular formula is C12H11BrClNO4. The highest BCUT2D eigenvalue weighted by Crippen LogP contribution is 2.27. The van der Waals surface area contributed by atoms with E-state index < -0.39 is 18.2 Å². The number of rotatable bonds is 3. The second-order valence-corrected chi connectivity index (χ2v) is 5.43. The molecule has 0 spiro atoms. The molecule has 102 valence electrons. The molecule has 0 unspecified atom stereocenters. The van der Waals surface area contributed by atoms with Gasteiger partial charge in [-0.2, -0.15) is 0 Å². The summed E-state index contributed by atoms with van der Waals surface area (Å²) < 4.78 is 5.82. The Bertz CT molecular complexity index is 522. The Morgan fingerprint density at radius 1 is 1.37 bits per heavy atom. The van der Waals surface area contributed by atoms with E-state index in [1.165, 1.54) is 0 Å². The molecule has 1 aromatic carbocycles. The molecule has 2 rings (SSSR count). The third-order valence-corrected chi connectivity index (χ3v) is 3.67. The summed E-state index contributed by atoms with van der Waals surface area (Å²) >= 11 is 9.09. The molecule has 1 aromatic rings. The third kappa shape index (κ3) is 3.46. The van der Waals surface area contributed by atoms with Gasteiger partial charge in [-0.3, -0.25) is 4.79 Å². The summed E-state index contributed by atoms with van der Waals surface area (Å²) in [7, 11) is 0. The predicted octanol–water partition coefficient (Wildman–Crippen LogP) is 2.67. The Morgan fingerprint density at radius 2 is 2.05 bits per heavy atom. The molecule has 0 radical (unpaired) electrons. The zero-order valence-electron chi connectivity index (χ0n) is 9.73. The van der Waals surface area contributed by atoms with Gasteiger partial charge in [0.1, 0.15) is 6.10 Å². The molecule has 2 atom stereocenters. The number of aliphatic carboxylic acids is 1. The predicted molar refractivity (Wildman–Crippen MR) is 73.3 cm³/mol. The molecule has 0 saturated carbocycles. The van der Waals surface area contributed by atoms with Crippen LogP contribution in [0.5, 0.6) is 0 Å². The van der Waals surface area contributed by atoms with Crippen molar-refractivity contribution in [2.24, 2.45) is 0 Å². The van der Waals surface area contributed by atoms with Crippen LogP contribution in [0.2, 0.25) is 5.02 Å². The third-order valence-electron chi connectivity index (χ3n) is 2.78. The lowest BCUT2D eigenvalue weighted by atomic mass is 10.2. The minimum Gasteiger partial charge on any atom is -0.479 e. The fourth-order valence-electron chi connectivity index (χ4n) is 1.82. The van der Waals surface area contributed by atoms with Crippen molar-refractivity contribution in [2.75, 3.05) is 5.32 Å². The van der Waals surface area contributed by atoms with E-state index in [0.29, 0.717) is 28.0 Å². The van der Waals surface area contributed by atoms with Crippen LogP contribution in [0.1, 0.15) is 12.8 Å². The molecule has 0 aliphatic carbocycles. The van der Waals surface area contributed by atoms with Crippen LogP contribution in [-0.2, 0) is 14.3 Å². The fraction of sp³-hybridized carbons (Fsp3) is 0.333. The topological polar surface area (TPSA) is 75.6 Å². The summed E-state index contributed by atoms with van der Waals surface area (Å²) in [6.45, 7) is 0. The van der Waals surface area contributed by atoms with Crippen LogP contribution in [0.4, 0.5) is 5.69 Å². The number of anilines is 1. The average molecular weight is 349 g/mol. The molecular weight excluding hydrogens is 337 g/mol. The van der Waals surface area contributed by atoms with Crippen LogP contribution in [-0.4, -0.2) is 29.2 Å². The van der Waals surface area contributed by atoms with E-state index in [4.69, 9.17) is 21.4 Å². The number of amides is 1. The van der Waals surface area contributed by atoms with Crippen molar-refractivity contribution in [1.82, 2.24) is 0 Å². The summed E-state index contributed by atoms with van der Waals surface area (Å²) in [4.78, 5) is 22.7. The second-order valence-electron chi connectivity index (χ2n) is 4.14. The number of benzene rings is 1. The molecule has 5 nitrogen and oxygen atoms in total. The normalized spacial score (nSPS) is 22.2. The molecule has 7 heteroatoms. The fourth-order valence-corrected chi connectivity index (χ4v) is 2.60. The lowest BCUT2D eigenvalue weighted by Crippen LogP contribution is -2.30. The summed E-state index contributed by atoms with van der Waals surface area (Å²) in [5.74, 6) is -1.39. The molecule has 1 fully saturated rings. The number of ether oxygens (including phenoxy) is 1. The van der Waals surface area contributed by atoms with E-state index in [9.17, 15) is 9.59 Å². The second kappa shape index (κ2) is 5.90. The van der Waals surface area contributed by atoms with Crippen LogP contribution in [0.25, 0.3) is 0 Å². The number of hydrogen-bond acceptors (Lipinski definition) is 3. The smallest absolute Gasteiger partial charge is 0.332 e. The van der Waals surface area contributed by atoms with Crippen molar-refractivity contribution in [3.8, 4) is 0 Å². The number of nitrogens with one attached hydrogen (secondary N) is 1. The first-order valence-electron chi connectivity index (χ1n) is 5.61. The van der Waals surface area contributed by atoms with Crippen molar-refractivity contribution < 1.29 is 19.4 Å². The highest BCUT2D eigenvalue weighted by molar-refractivity contribution is 9.10.